The molecule has 1 aromatic heterocycles. The topological polar surface area (TPSA) is 78.9 Å². The Labute approximate surface area is 153 Å². The summed E-state index contributed by atoms with van der Waals surface area (Å²) in [6.45, 7) is 9.30. The van der Waals surface area contributed by atoms with Crippen LogP contribution in [0.4, 0.5) is 4.79 Å². The van der Waals surface area contributed by atoms with Crippen LogP contribution < -0.4 is 10.6 Å². The number of aliphatic imine (C=N–C) groups is 1. The molecule has 0 atom stereocenters. The van der Waals surface area contributed by atoms with Gasteiger partial charge in [0.05, 0.1) is 17.3 Å². The smallest absolute Gasteiger partial charge is 0.409 e. The molecule has 0 aliphatic carbocycles. The first-order valence-electron chi connectivity index (χ1n) is 9.00. The van der Waals surface area contributed by atoms with E-state index < -0.39 is 0 Å². The molecule has 0 aromatic carbocycles. The van der Waals surface area contributed by atoms with Crippen molar-refractivity contribution in [3.8, 4) is 0 Å². The number of aromatic nitrogens is 1. The highest BCUT2D eigenvalue weighted by molar-refractivity contribution is 7.09. The highest BCUT2D eigenvalue weighted by Crippen LogP contribution is 2.12. The van der Waals surface area contributed by atoms with E-state index in [2.05, 4.69) is 32.9 Å². The molecule has 1 aromatic rings. The summed E-state index contributed by atoms with van der Waals surface area (Å²) in [5.41, 5.74) is 1.10. The zero-order chi connectivity index (χ0) is 18.1. The molecule has 0 spiro atoms. The van der Waals surface area contributed by atoms with E-state index in [0.29, 0.717) is 32.3 Å². The number of hydrogen-bond donors (Lipinski definition) is 2. The van der Waals surface area contributed by atoms with Gasteiger partial charge in [0, 0.05) is 44.0 Å². The molecule has 1 fully saturated rings. The lowest BCUT2D eigenvalue weighted by Gasteiger charge is -2.32. The van der Waals surface area contributed by atoms with E-state index in [1.807, 2.05) is 13.8 Å². The first kappa shape index (κ1) is 19.5. The Morgan fingerprint density at radius 1 is 1.44 bits per heavy atom. The van der Waals surface area contributed by atoms with Crippen LogP contribution in [0, 0.1) is 6.92 Å². The van der Waals surface area contributed by atoms with Crippen LogP contribution in [0.1, 0.15) is 37.4 Å². The second-order valence-corrected chi connectivity index (χ2v) is 7.04. The summed E-state index contributed by atoms with van der Waals surface area (Å²) >= 11 is 1.67. The van der Waals surface area contributed by atoms with Gasteiger partial charge in [0.25, 0.3) is 0 Å². The summed E-state index contributed by atoms with van der Waals surface area (Å²) in [7, 11) is 0. The third-order valence-corrected chi connectivity index (χ3v) is 4.83. The standard InChI is InChI=1S/C17H29N5O2S/c1-4-18-16(19-9-6-15-12-25-13(3)20-15)21-14-7-10-22(11-8-14)17(23)24-5-2/h12,14H,4-11H2,1-3H3,(H2,18,19,21). The van der Waals surface area contributed by atoms with E-state index in [1.54, 1.807) is 16.2 Å². The van der Waals surface area contributed by atoms with Gasteiger partial charge < -0.3 is 20.3 Å². The van der Waals surface area contributed by atoms with E-state index in [0.717, 1.165) is 42.5 Å². The first-order chi connectivity index (χ1) is 12.1. The van der Waals surface area contributed by atoms with Crippen molar-refractivity contribution in [2.45, 2.75) is 46.1 Å². The molecule has 8 heteroatoms. The highest BCUT2D eigenvalue weighted by Gasteiger charge is 2.23. The fraction of sp³-hybridized carbons (Fsp3) is 0.706. The fourth-order valence-electron chi connectivity index (χ4n) is 2.74. The van der Waals surface area contributed by atoms with E-state index in [9.17, 15) is 4.79 Å². The number of likely N-dealkylation sites (tertiary alicyclic amines) is 1. The second kappa shape index (κ2) is 10.2. The number of hydrogen-bond acceptors (Lipinski definition) is 5. The van der Waals surface area contributed by atoms with Crippen LogP contribution in [0.5, 0.6) is 0 Å². The van der Waals surface area contributed by atoms with Crippen molar-refractivity contribution >= 4 is 23.4 Å². The van der Waals surface area contributed by atoms with Gasteiger partial charge in [-0.3, -0.25) is 4.99 Å². The third-order valence-electron chi connectivity index (χ3n) is 4.01. The lowest BCUT2D eigenvalue weighted by Crippen LogP contribution is -2.50. The molecular formula is C17H29N5O2S. The minimum Gasteiger partial charge on any atom is -0.450 e. The fourth-order valence-corrected chi connectivity index (χ4v) is 3.39. The molecule has 0 radical (unpaired) electrons. The van der Waals surface area contributed by atoms with Gasteiger partial charge >= 0.3 is 6.09 Å². The van der Waals surface area contributed by atoms with Gasteiger partial charge in [-0.2, -0.15) is 0 Å². The Kier molecular flexibility index (Phi) is 7.97. The van der Waals surface area contributed by atoms with Crippen molar-refractivity contribution in [2.24, 2.45) is 4.99 Å². The average molecular weight is 368 g/mol. The monoisotopic (exact) mass is 367 g/mol. The summed E-state index contributed by atoms with van der Waals surface area (Å²) in [6, 6.07) is 0.324. The summed E-state index contributed by atoms with van der Waals surface area (Å²) in [5, 5.41) is 9.96. The molecule has 1 aliphatic rings. The summed E-state index contributed by atoms with van der Waals surface area (Å²) in [4.78, 5) is 22.6. The molecule has 7 nitrogen and oxygen atoms in total. The number of nitrogens with zero attached hydrogens (tertiary/aromatic N) is 3. The predicted molar refractivity (Wildman–Crippen MR) is 101 cm³/mol. The number of carbonyl (C=O) groups excluding carboxylic acids is 1. The van der Waals surface area contributed by atoms with Crippen molar-refractivity contribution in [2.75, 3.05) is 32.8 Å². The third kappa shape index (κ3) is 6.53. The molecule has 2 heterocycles. The van der Waals surface area contributed by atoms with Crippen molar-refractivity contribution in [3.63, 3.8) is 0 Å². The number of aryl methyl sites for hydroxylation is 1. The van der Waals surface area contributed by atoms with Gasteiger partial charge in [0.15, 0.2) is 5.96 Å². The van der Waals surface area contributed by atoms with Crippen LogP contribution >= 0.6 is 11.3 Å². The Balaban J connectivity index is 1.78. The maximum atomic E-state index is 11.7. The zero-order valence-corrected chi connectivity index (χ0v) is 16.2. The van der Waals surface area contributed by atoms with Gasteiger partial charge in [-0.1, -0.05) is 0 Å². The average Bonchev–Trinajstić information content (AvgIpc) is 3.01. The molecule has 0 saturated carbocycles. The molecule has 0 unspecified atom stereocenters. The number of carbonyl (C=O) groups is 1. The molecule has 1 saturated heterocycles. The zero-order valence-electron chi connectivity index (χ0n) is 15.4. The van der Waals surface area contributed by atoms with Crippen molar-refractivity contribution < 1.29 is 9.53 Å². The molecule has 0 bridgehead atoms. The maximum absolute atomic E-state index is 11.7. The van der Waals surface area contributed by atoms with Crippen molar-refractivity contribution in [1.82, 2.24) is 20.5 Å². The molecule has 2 N–H and O–H groups in total. The number of piperidine rings is 1. The van der Waals surface area contributed by atoms with Crippen LogP contribution in [0.25, 0.3) is 0 Å². The van der Waals surface area contributed by atoms with Gasteiger partial charge in [0.2, 0.25) is 0 Å². The SMILES string of the molecule is CCNC(=NCCc1csc(C)n1)NC1CCN(C(=O)OCC)CC1. The van der Waals surface area contributed by atoms with E-state index in [1.165, 1.54) is 0 Å². The van der Waals surface area contributed by atoms with Crippen LogP contribution in [0.15, 0.2) is 10.4 Å². The Morgan fingerprint density at radius 2 is 2.20 bits per heavy atom. The van der Waals surface area contributed by atoms with E-state index in [4.69, 9.17) is 4.74 Å². The number of thiazole rings is 1. The molecule has 1 aliphatic heterocycles. The minimum atomic E-state index is -0.208. The number of guanidine groups is 1. The van der Waals surface area contributed by atoms with E-state index in [-0.39, 0.29) is 6.09 Å². The predicted octanol–water partition coefficient (Wildman–Crippen LogP) is 2.17. The first-order valence-corrected chi connectivity index (χ1v) is 9.87. The summed E-state index contributed by atoms with van der Waals surface area (Å²) in [6.07, 6.45) is 2.44. The van der Waals surface area contributed by atoms with Gasteiger partial charge in [-0.25, -0.2) is 9.78 Å². The maximum Gasteiger partial charge on any atom is 0.409 e. The lowest BCUT2D eigenvalue weighted by molar-refractivity contribution is 0.0963. The van der Waals surface area contributed by atoms with Gasteiger partial charge in [-0.05, 0) is 33.6 Å². The van der Waals surface area contributed by atoms with Gasteiger partial charge in [-0.15, -0.1) is 11.3 Å². The molecular weight excluding hydrogens is 338 g/mol. The summed E-state index contributed by atoms with van der Waals surface area (Å²) in [5.74, 6) is 0.837. The number of nitrogens with one attached hydrogen (secondary N) is 2. The highest BCUT2D eigenvalue weighted by atomic mass is 32.1. The van der Waals surface area contributed by atoms with Crippen molar-refractivity contribution in [1.29, 1.82) is 0 Å². The van der Waals surface area contributed by atoms with E-state index >= 15 is 0 Å². The Hall–Kier alpha value is -1.83. The lowest BCUT2D eigenvalue weighted by atomic mass is 10.1. The quantitative estimate of drug-likeness (QED) is 0.595. The minimum absolute atomic E-state index is 0.208. The van der Waals surface area contributed by atoms with Crippen molar-refractivity contribution in [3.05, 3.63) is 16.1 Å². The number of amides is 1. The number of rotatable bonds is 6. The molecule has 2 rings (SSSR count). The largest absolute Gasteiger partial charge is 0.450 e. The number of ether oxygens (including phenoxy) is 1. The van der Waals surface area contributed by atoms with Crippen LogP contribution in [-0.4, -0.2) is 60.8 Å². The summed E-state index contributed by atoms with van der Waals surface area (Å²) < 4.78 is 5.06. The van der Waals surface area contributed by atoms with Gasteiger partial charge in [0.1, 0.15) is 0 Å². The van der Waals surface area contributed by atoms with Crippen LogP contribution in [0.3, 0.4) is 0 Å². The molecule has 1 amide bonds. The van der Waals surface area contributed by atoms with Crippen LogP contribution in [0.2, 0.25) is 0 Å². The van der Waals surface area contributed by atoms with Crippen LogP contribution in [-0.2, 0) is 11.2 Å². The molecule has 140 valence electrons. The Morgan fingerprint density at radius 3 is 2.80 bits per heavy atom. The normalized spacial score (nSPS) is 16.0. The Bertz CT molecular complexity index is 567. The second-order valence-electron chi connectivity index (χ2n) is 5.97. The molecule has 25 heavy (non-hydrogen) atoms.